The Bertz CT molecular complexity index is 2310. The number of aryl methyl sites for hydroxylation is 2. The smallest absolute Gasteiger partial charge is 0.437 e. The van der Waals surface area contributed by atoms with Gasteiger partial charge in [-0.25, -0.2) is 16.5 Å². The van der Waals surface area contributed by atoms with E-state index in [1.807, 2.05) is 37.7 Å². The highest BCUT2D eigenvalue weighted by molar-refractivity contribution is 7.15. The molecule has 1 N–H and O–H groups in total. The molecule has 0 aliphatic carbocycles. The highest BCUT2D eigenvalue weighted by atomic mass is 32.1. The lowest BCUT2D eigenvalue weighted by atomic mass is 10.0. The number of benzene rings is 2. The fraction of sp³-hybridized carbons (Fsp3) is 0.462. The predicted octanol–water partition coefficient (Wildman–Crippen LogP) is 10.2. The van der Waals surface area contributed by atoms with E-state index in [1.54, 1.807) is 24.5 Å². The number of halogens is 6. The molecule has 59 heavy (non-hydrogen) atoms. The van der Waals surface area contributed by atoms with Crippen LogP contribution in [0.15, 0.2) is 45.7 Å². The van der Waals surface area contributed by atoms with E-state index in [0.29, 0.717) is 81.2 Å². The molecule has 0 saturated heterocycles. The Morgan fingerprint density at radius 1 is 0.729 bits per heavy atom. The van der Waals surface area contributed by atoms with Gasteiger partial charge in [0.05, 0.1) is 41.7 Å². The summed E-state index contributed by atoms with van der Waals surface area (Å²) in [4.78, 5) is 17.6. The molecule has 4 heterocycles. The second-order valence-electron chi connectivity index (χ2n) is 13.3. The first-order valence-corrected chi connectivity index (χ1v) is 20.3. The van der Waals surface area contributed by atoms with Gasteiger partial charge < -0.3 is 38.3 Å². The van der Waals surface area contributed by atoms with Crippen molar-refractivity contribution >= 4 is 54.9 Å². The van der Waals surface area contributed by atoms with Crippen LogP contribution in [0, 0.1) is 6.57 Å². The first kappa shape index (κ1) is 45.0. The number of aliphatic hydroxyl groups excluding tert-OH is 1. The Balaban J connectivity index is 0.000000224. The van der Waals surface area contributed by atoms with Gasteiger partial charge in [-0.2, -0.15) is 26.3 Å². The number of ether oxygens (including phenoxy) is 2. The van der Waals surface area contributed by atoms with Crippen molar-refractivity contribution < 1.29 is 50.0 Å². The van der Waals surface area contributed by atoms with Crippen molar-refractivity contribution in [1.82, 2.24) is 20.3 Å². The van der Waals surface area contributed by atoms with Crippen molar-refractivity contribution in [3.05, 3.63) is 80.3 Å². The van der Waals surface area contributed by atoms with Crippen molar-refractivity contribution in [2.45, 2.75) is 77.9 Å². The number of anilines is 2. The number of fused-ring (bicyclic) bond motifs is 2. The van der Waals surface area contributed by atoms with E-state index in [0.717, 1.165) is 32.9 Å². The van der Waals surface area contributed by atoms with Crippen molar-refractivity contribution in [1.29, 1.82) is 0 Å². The molecule has 0 atom stereocenters. The van der Waals surface area contributed by atoms with E-state index in [-0.39, 0.29) is 28.5 Å². The third kappa shape index (κ3) is 11.3. The molecule has 20 heteroatoms. The maximum absolute atomic E-state index is 13.1. The SMILES string of the molecule is CCCc1c(OCCCN(C)c2ncc(CO)s2)ccc2c(C(F)(F)F)noc12.[C-]#[N+]Cc1cnc(N(C)CCCOc2ccc3c(C(F)(F)F)noc3c2CCC)s1. The lowest BCUT2D eigenvalue weighted by Crippen LogP contribution is -2.20. The topological polar surface area (TPSA) is 127 Å². The van der Waals surface area contributed by atoms with Crippen LogP contribution in [-0.2, 0) is 38.3 Å². The van der Waals surface area contributed by atoms with Gasteiger partial charge in [-0.15, -0.1) is 0 Å². The van der Waals surface area contributed by atoms with Gasteiger partial charge in [-0.05, 0) is 49.9 Å². The van der Waals surface area contributed by atoms with Crippen LogP contribution >= 0.6 is 22.7 Å². The van der Waals surface area contributed by atoms with Gasteiger partial charge in [0.1, 0.15) is 16.4 Å². The molecular weight excluding hydrogens is 825 g/mol. The monoisotopic (exact) mass is 867 g/mol. The average Bonchev–Trinajstić information content (AvgIpc) is 4.02. The normalized spacial score (nSPS) is 11.8. The Morgan fingerprint density at radius 3 is 1.56 bits per heavy atom. The maximum Gasteiger partial charge on any atom is 0.437 e. The highest BCUT2D eigenvalue weighted by Gasteiger charge is 2.38. The molecule has 0 aliphatic heterocycles. The summed E-state index contributed by atoms with van der Waals surface area (Å²) in [7, 11) is 3.82. The first-order valence-electron chi connectivity index (χ1n) is 18.7. The van der Waals surface area contributed by atoms with E-state index in [1.165, 1.54) is 34.8 Å². The molecule has 0 unspecified atom stereocenters. The summed E-state index contributed by atoms with van der Waals surface area (Å²) in [6.07, 6.45) is -1.85. The summed E-state index contributed by atoms with van der Waals surface area (Å²) in [5, 5.41) is 17.1. The van der Waals surface area contributed by atoms with E-state index < -0.39 is 23.7 Å². The lowest BCUT2D eigenvalue weighted by molar-refractivity contribution is -0.142. The molecule has 318 valence electrons. The Labute approximate surface area is 344 Å². The molecule has 0 bridgehead atoms. The predicted molar refractivity (Wildman–Crippen MR) is 213 cm³/mol. The largest absolute Gasteiger partial charge is 0.493 e. The van der Waals surface area contributed by atoms with Crippen LogP contribution in [0.5, 0.6) is 11.5 Å². The van der Waals surface area contributed by atoms with Crippen molar-refractivity contribution in [3.63, 3.8) is 0 Å². The minimum Gasteiger partial charge on any atom is -0.493 e. The Morgan fingerprint density at radius 2 is 1.17 bits per heavy atom. The fourth-order valence-corrected chi connectivity index (χ4v) is 7.64. The van der Waals surface area contributed by atoms with Gasteiger partial charge in [0, 0.05) is 44.5 Å². The van der Waals surface area contributed by atoms with Gasteiger partial charge >= 0.3 is 12.4 Å². The van der Waals surface area contributed by atoms with E-state index in [4.69, 9.17) is 30.2 Å². The van der Waals surface area contributed by atoms with E-state index >= 15 is 0 Å². The zero-order valence-electron chi connectivity index (χ0n) is 32.7. The van der Waals surface area contributed by atoms with Crippen LogP contribution in [0.1, 0.15) is 71.8 Å². The Kier molecular flexibility index (Phi) is 15.4. The van der Waals surface area contributed by atoms with Crippen LogP contribution in [0.4, 0.5) is 36.6 Å². The highest BCUT2D eigenvalue weighted by Crippen LogP contribution is 2.40. The second-order valence-corrected chi connectivity index (χ2v) is 15.5. The lowest BCUT2D eigenvalue weighted by Gasteiger charge is -2.16. The van der Waals surface area contributed by atoms with Gasteiger partial charge in [-0.3, -0.25) is 0 Å². The van der Waals surface area contributed by atoms with Crippen LogP contribution in [0.2, 0.25) is 0 Å². The number of nitrogens with zero attached hydrogens (tertiary/aromatic N) is 7. The molecule has 4 aromatic heterocycles. The second kappa shape index (κ2) is 20.2. The standard InChI is InChI=1S/C20H21F3N4O2S.C19H22F3N3O3S/c1-4-6-14-16(8-7-15-17(14)29-26-18(15)20(21,22)23)28-10-5-9-27(3)19-25-12-13(30-19)11-24-2;1-3-5-13-15(7-6-14-16(13)28-24-17(14)19(20,21)22)27-9-4-8-25(2)18-23-10-12(11-26)29-18/h7-8,12H,4-6,9-11H2,1,3H3;6-7,10,26H,3-5,8-9,11H2,1-2H3. The average molecular weight is 868 g/mol. The molecule has 12 nitrogen and oxygen atoms in total. The molecular formula is C39H43F6N7O5S2. The quantitative estimate of drug-likeness (QED) is 0.0504. The van der Waals surface area contributed by atoms with Crippen molar-refractivity contribution in [2.24, 2.45) is 0 Å². The Hall–Kier alpha value is -5.13. The molecule has 0 saturated carbocycles. The number of hydrogen-bond donors (Lipinski definition) is 1. The molecule has 6 rings (SSSR count). The molecule has 0 spiro atoms. The summed E-state index contributed by atoms with van der Waals surface area (Å²) < 4.78 is 100. The van der Waals surface area contributed by atoms with Crippen molar-refractivity contribution in [2.75, 3.05) is 50.2 Å². The molecule has 0 fully saturated rings. The van der Waals surface area contributed by atoms with Crippen LogP contribution in [0.25, 0.3) is 26.8 Å². The van der Waals surface area contributed by atoms with E-state index in [2.05, 4.69) is 25.1 Å². The van der Waals surface area contributed by atoms with Crippen LogP contribution in [0.3, 0.4) is 0 Å². The minimum atomic E-state index is -4.56. The number of rotatable bonds is 18. The zero-order valence-corrected chi connectivity index (χ0v) is 34.4. The third-order valence-corrected chi connectivity index (χ3v) is 11.0. The van der Waals surface area contributed by atoms with Gasteiger partial charge in [-0.1, -0.05) is 59.7 Å². The first-order chi connectivity index (χ1) is 28.2. The molecule has 2 aromatic carbocycles. The van der Waals surface area contributed by atoms with Gasteiger partial charge in [0.25, 0.3) is 0 Å². The van der Waals surface area contributed by atoms with E-state index in [9.17, 15) is 26.3 Å². The number of aromatic nitrogens is 4. The van der Waals surface area contributed by atoms with Crippen molar-refractivity contribution in [3.8, 4) is 11.5 Å². The molecule has 0 aliphatic rings. The molecule has 0 radical (unpaired) electrons. The third-order valence-electron chi connectivity index (χ3n) is 8.86. The number of hydrogen-bond acceptors (Lipinski definition) is 13. The summed E-state index contributed by atoms with van der Waals surface area (Å²) in [5.41, 5.74) is -0.543. The fourth-order valence-electron chi connectivity index (χ4n) is 6.07. The number of alkyl halides is 6. The van der Waals surface area contributed by atoms with Gasteiger partial charge in [0.15, 0.2) is 32.8 Å². The summed E-state index contributed by atoms with van der Waals surface area (Å²) >= 11 is 2.91. The minimum absolute atomic E-state index is 0.0327. The zero-order chi connectivity index (χ0) is 42.7. The molecule has 0 amide bonds. The molecule has 6 aromatic rings. The van der Waals surface area contributed by atoms with Crippen LogP contribution < -0.4 is 19.3 Å². The maximum atomic E-state index is 13.1. The summed E-state index contributed by atoms with van der Waals surface area (Å²) in [5.74, 6) is 1.04. The number of thiazole rings is 2. The number of aliphatic hydroxyl groups is 1. The van der Waals surface area contributed by atoms with Gasteiger partial charge in [0.2, 0.25) is 6.54 Å². The van der Waals surface area contributed by atoms with Crippen LogP contribution in [-0.4, -0.2) is 65.8 Å². The summed E-state index contributed by atoms with van der Waals surface area (Å²) in [6, 6.07) is 5.81. The summed E-state index contributed by atoms with van der Waals surface area (Å²) in [6.45, 7) is 13.2.